The van der Waals surface area contributed by atoms with Gasteiger partial charge in [0.1, 0.15) is 5.75 Å². The lowest BCUT2D eigenvalue weighted by atomic mass is 10.0. The van der Waals surface area contributed by atoms with Gasteiger partial charge in [0.15, 0.2) is 0 Å². The molecule has 1 aliphatic rings. The smallest absolute Gasteiger partial charge is 0.133 e. The first-order valence-electron chi connectivity index (χ1n) is 6.93. The average molecular weight is 332 g/mol. The molecule has 3 heteroatoms. The highest BCUT2D eigenvalue weighted by Gasteiger charge is 2.25. The molecule has 0 aromatic heterocycles. The minimum Gasteiger partial charge on any atom is -0.496 e. The number of methoxy groups -OCH3 is 1. The van der Waals surface area contributed by atoms with Crippen LogP contribution in [0.4, 0.5) is 5.69 Å². The third-order valence-corrected chi connectivity index (χ3v) is 4.33. The van der Waals surface area contributed by atoms with Crippen molar-refractivity contribution in [3.05, 3.63) is 58.1 Å². The Hall–Kier alpha value is -1.48. The van der Waals surface area contributed by atoms with E-state index in [9.17, 15) is 0 Å². The van der Waals surface area contributed by atoms with Gasteiger partial charge in [-0.2, -0.15) is 0 Å². The second-order valence-corrected chi connectivity index (χ2v) is 6.03. The Labute approximate surface area is 128 Å². The van der Waals surface area contributed by atoms with E-state index in [1.165, 1.54) is 24.0 Å². The first-order valence-corrected chi connectivity index (χ1v) is 7.72. The van der Waals surface area contributed by atoms with Crippen LogP contribution in [0.25, 0.3) is 0 Å². The van der Waals surface area contributed by atoms with Crippen molar-refractivity contribution in [2.75, 3.05) is 12.4 Å². The molecule has 20 heavy (non-hydrogen) atoms. The standard InChI is InChI=1S/C17H18BrNO/c1-20-17-9-8-14(10-16(17)18)19-11-13-4-2-3-5-15(13)12-6-7-12/h2-5,8-10,12,19H,6-7,11H2,1H3. The number of ether oxygens (including phenoxy) is 1. The van der Waals surface area contributed by atoms with Crippen LogP contribution < -0.4 is 10.1 Å². The van der Waals surface area contributed by atoms with Crippen molar-refractivity contribution in [3.63, 3.8) is 0 Å². The SMILES string of the molecule is COc1ccc(NCc2ccccc2C2CC2)cc1Br. The molecule has 0 saturated heterocycles. The highest BCUT2D eigenvalue weighted by Crippen LogP contribution is 2.41. The highest BCUT2D eigenvalue weighted by atomic mass is 79.9. The summed E-state index contributed by atoms with van der Waals surface area (Å²) >= 11 is 3.52. The molecule has 104 valence electrons. The third-order valence-electron chi connectivity index (χ3n) is 3.71. The molecule has 0 unspecified atom stereocenters. The maximum atomic E-state index is 5.25. The van der Waals surface area contributed by atoms with Gasteiger partial charge in [-0.25, -0.2) is 0 Å². The molecule has 1 aliphatic carbocycles. The quantitative estimate of drug-likeness (QED) is 0.837. The first kappa shape index (κ1) is 13.5. The molecule has 0 amide bonds. The summed E-state index contributed by atoms with van der Waals surface area (Å²) in [5, 5.41) is 3.49. The van der Waals surface area contributed by atoms with E-state index < -0.39 is 0 Å². The van der Waals surface area contributed by atoms with Crippen LogP contribution in [-0.2, 0) is 6.54 Å². The molecule has 0 radical (unpaired) electrons. The van der Waals surface area contributed by atoms with Gasteiger partial charge < -0.3 is 10.1 Å². The van der Waals surface area contributed by atoms with Crippen LogP contribution >= 0.6 is 15.9 Å². The van der Waals surface area contributed by atoms with Gasteiger partial charge in [-0.3, -0.25) is 0 Å². The number of nitrogens with one attached hydrogen (secondary N) is 1. The second-order valence-electron chi connectivity index (χ2n) is 5.18. The molecule has 2 aromatic rings. The topological polar surface area (TPSA) is 21.3 Å². The van der Waals surface area contributed by atoms with Crippen LogP contribution in [0.3, 0.4) is 0 Å². The first-order chi connectivity index (χ1) is 9.78. The summed E-state index contributed by atoms with van der Waals surface area (Å²) in [5.74, 6) is 1.64. The molecule has 0 atom stereocenters. The molecular formula is C17H18BrNO. The van der Waals surface area contributed by atoms with Crippen LogP contribution in [0.5, 0.6) is 5.75 Å². The fraction of sp³-hybridized carbons (Fsp3) is 0.294. The van der Waals surface area contributed by atoms with Crippen molar-refractivity contribution in [2.24, 2.45) is 0 Å². The molecule has 2 aromatic carbocycles. The molecule has 0 heterocycles. The molecule has 1 fully saturated rings. The molecule has 2 nitrogen and oxygen atoms in total. The van der Waals surface area contributed by atoms with Gasteiger partial charge in [-0.15, -0.1) is 0 Å². The minimum absolute atomic E-state index is 0.788. The molecule has 0 bridgehead atoms. The Kier molecular flexibility index (Phi) is 3.97. The summed E-state index contributed by atoms with van der Waals surface area (Å²) in [6.45, 7) is 0.867. The molecule has 0 spiro atoms. The van der Waals surface area contributed by atoms with E-state index in [1.54, 1.807) is 7.11 Å². The number of hydrogen-bond donors (Lipinski definition) is 1. The molecule has 3 rings (SSSR count). The van der Waals surface area contributed by atoms with Crippen molar-refractivity contribution in [1.82, 2.24) is 0 Å². The zero-order valence-electron chi connectivity index (χ0n) is 11.5. The van der Waals surface area contributed by atoms with Gasteiger partial charge in [-0.05, 0) is 64.0 Å². The van der Waals surface area contributed by atoms with E-state index in [1.807, 2.05) is 12.1 Å². The van der Waals surface area contributed by atoms with E-state index in [0.717, 1.165) is 28.4 Å². The minimum atomic E-state index is 0.788. The summed E-state index contributed by atoms with van der Waals surface area (Å²) in [6.07, 6.45) is 2.68. The van der Waals surface area contributed by atoms with Gasteiger partial charge >= 0.3 is 0 Å². The molecule has 0 aliphatic heterocycles. The van der Waals surface area contributed by atoms with Crippen molar-refractivity contribution in [2.45, 2.75) is 25.3 Å². The van der Waals surface area contributed by atoms with Crippen molar-refractivity contribution in [3.8, 4) is 5.75 Å². The number of anilines is 1. The fourth-order valence-corrected chi connectivity index (χ4v) is 3.00. The van der Waals surface area contributed by atoms with E-state index in [-0.39, 0.29) is 0 Å². The van der Waals surface area contributed by atoms with Gasteiger partial charge in [0.05, 0.1) is 11.6 Å². The van der Waals surface area contributed by atoms with Crippen molar-refractivity contribution in [1.29, 1.82) is 0 Å². The summed E-state index contributed by atoms with van der Waals surface area (Å²) in [5.41, 5.74) is 4.01. The summed E-state index contributed by atoms with van der Waals surface area (Å²) in [4.78, 5) is 0. The Bertz CT molecular complexity index is 608. The van der Waals surface area contributed by atoms with Gasteiger partial charge in [-0.1, -0.05) is 24.3 Å². The Balaban J connectivity index is 1.72. The van der Waals surface area contributed by atoms with Crippen LogP contribution in [0.2, 0.25) is 0 Å². The van der Waals surface area contributed by atoms with E-state index >= 15 is 0 Å². The zero-order chi connectivity index (χ0) is 13.9. The van der Waals surface area contributed by atoms with Crippen molar-refractivity contribution >= 4 is 21.6 Å². The maximum absolute atomic E-state index is 5.25. The van der Waals surface area contributed by atoms with Gasteiger partial charge in [0, 0.05) is 12.2 Å². The number of hydrogen-bond acceptors (Lipinski definition) is 2. The molecular weight excluding hydrogens is 314 g/mol. The Morgan fingerprint density at radius 3 is 2.70 bits per heavy atom. The third kappa shape index (κ3) is 2.98. The van der Waals surface area contributed by atoms with Crippen LogP contribution in [-0.4, -0.2) is 7.11 Å². The number of benzene rings is 2. The zero-order valence-corrected chi connectivity index (χ0v) is 13.1. The Morgan fingerprint density at radius 1 is 1.20 bits per heavy atom. The average Bonchev–Trinajstić information content (AvgIpc) is 3.30. The largest absolute Gasteiger partial charge is 0.496 e. The van der Waals surface area contributed by atoms with Gasteiger partial charge in [0.2, 0.25) is 0 Å². The summed E-state index contributed by atoms with van der Waals surface area (Å²) in [7, 11) is 1.68. The van der Waals surface area contributed by atoms with Crippen LogP contribution in [0, 0.1) is 0 Å². The molecule has 1 N–H and O–H groups in total. The monoisotopic (exact) mass is 331 g/mol. The summed E-state index contributed by atoms with van der Waals surface area (Å²) < 4.78 is 6.22. The maximum Gasteiger partial charge on any atom is 0.133 e. The van der Waals surface area contributed by atoms with Crippen molar-refractivity contribution < 1.29 is 4.74 Å². The Morgan fingerprint density at radius 2 is 2.00 bits per heavy atom. The molecule has 1 saturated carbocycles. The number of halogens is 1. The summed E-state index contributed by atoms with van der Waals surface area (Å²) in [6, 6.07) is 14.8. The van der Waals surface area contributed by atoms with E-state index in [4.69, 9.17) is 4.74 Å². The lowest BCUT2D eigenvalue weighted by Crippen LogP contribution is -2.02. The van der Waals surface area contributed by atoms with Crippen LogP contribution in [0.1, 0.15) is 29.9 Å². The van der Waals surface area contributed by atoms with E-state index in [2.05, 4.69) is 51.6 Å². The van der Waals surface area contributed by atoms with Crippen LogP contribution in [0.15, 0.2) is 46.9 Å². The lowest BCUT2D eigenvalue weighted by molar-refractivity contribution is 0.412. The fourth-order valence-electron chi connectivity index (χ4n) is 2.46. The predicted octanol–water partition coefficient (Wildman–Crippen LogP) is 4.95. The number of rotatable bonds is 5. The highest BCUT2D eigenvalue weighted by molar-refractivity contribution is 9.10. The van der Waals surface area contributed by atoms with Gasteiger partial charge in [0.25, 0.3) is 0 Å². The predicted molar refractivity (Wildman–Crippen MR) is 86.4 cm³/mol. The van der Waals surface area contributed by atoms with E-state index in [0.29, 0.717) is 0 Å². The normalized spacial score (nSPS) is 14.1. The lowest BCUT2D eigenvalue weighted by Gasteiger charge is -2.12. The second kappa shape index (κ2) is 5.88.